The summed E-state index contributed by atoms with van der Waals surface area (Å²) in [5.74, 6) is -0.765. The quantitative estimate of drug-likeness (QED) is 0.827. The van der Waals surface area contributed by atoms with Gasteiger partial charge in [-0.2, -0.15) is 0 Å². The second-order valence-electron chi connectivity index (χ2n) is 7.60. The number of urea groups is 1. The van der Waals surface area contributed by atoms with E-state index in [1.807, 2.05) is 4.90 Å². The largest absolute Gasteiger partial charge is 0.356 e. The molecule has 0 aliphatic carbocycles. The molecule has 1 aromatic rings. The van der Waals surface area contributed by atoms with Gasteiger partial charge >= 0.3 is 6.03 Å². The molecule has 1 unspecified atom stereocenters. The molecular weight excluding hydrogens is 344 g/mol. The highest BCUT2D eigenvalue weighted by molar-refractivity contribution is 5.76. The maximum Gasteiger partial charge on any atom is 0.320 e. The number of likely N-dealkylation sites (tertiary alicyclic amines) is 2. The van der Waals surface area contributed by atoms with Crippen LogP contribution in [-0.4, -0.2) is 65.7 Å². The summed E-state index contributed by atoms with van der Waals surface area (Å²) in [6, 6.07) is 3.72. The smallest absolute Gasteiger partial charge is 0.320 e. The molecule has 3 aliphatic heterocycles. The van der Waals surface area contributed by atoms with Crippen LogP contribution in [0.1, 0.15) is 18.4 Å². The molecule has 2 amide bonds. The van der Waals surface area contributed by atoms with Crippen molar-refractivity contribution in [2.75, 3.05) is 32.8 Å². The Morgan fingerprint density at radius 2 is 2.00 bits per heavy atom. The number of hydrogen-bond acceptors (Lipinski definition) is 4. The fraction of sp³-hybridized carbons (Fsp3) is 0.611. The summed E-state index contributed by atoms with van der Waals surface area (Å²) in [4.78, 5) is 16.2. The maximum absolute atomic E-state index is 13.8. The Balaban J connectivity index is 1.25. The Labute approximate surface area is 150 Å². The van der Waals surface area contributed by atoms with Gasteiger partial charge in [0.25, 0.3) is 0 Å². The number of piperidine rings is 1. The zero-order valence-corrected chi connectivity index (χ0v) is 14.5. The Morgan fingerprint density at radius 3 is 2.62 bits per heavy atom. The first-order valence-corrected chi connectivity index (χ1v) is 8.99. The normalized spacial score (nSPS) is 25.6. The molecule has 0 radical (unpaired) electrons. The minimum absolute atomic E-state index is 0.00484. The lowest BCUT2D eigenvalue weighted by atomic mass is 9.89. The van der Waals surface area contributed by atoms with Gasteiger partial charge in [0, 0.05) is 32.2 Å². The van der Waals surface area contributed by atoms with Crippen LogP contribution in [0.2, 0.25) is 0 Å². The fourth-order valence-electron chi connectivity index (χ4n) is 4.11. The van der Waals surface area contributed by atoms with Crippen molar-refractivity contribution in [2.45, 2.75) is 31.2 Å². The average Bonchev–Trinajstić information content (AvgIpc) is 2.98. The molecule has 3 aliphatic rings. The average molecular weight is 367 g/mol. The van der Waals surface area contributed by atoms with Gasteiger partial charge in [0.15, 0.2) is 0 Å². The number of hydrogen-bond donors (Lipinski definition) is 2. The molecule has 6 nitrogen and oxygen atoms in total. The number of amides is 2. The molecule has 26 heavy (non-hydrogen) atoms. The molecule has 8 heteroatoms. The molecule has 3 fully saturated rings. The molecule has 0 bridgehead atoms. The van der Waals surface area contributed by atoms with Crippen molar-refractivity contribution in [3.05, 3.63) is 35.4 Å². The summed E-state index contributed by atoms with van der Waals surface area (Å²) in [5.41, 5.74) is 0.222. The van der Waals surface area contributed by atoms with E-state index >= 15 is 0 Å². The molecule has 3 saturated heterocycles. The summed E-state index contributed by atoms with van der Waals surface area (Å²) in [6.45, 7) is 2.75. The molecule has 1 spiro atoms. The minimum atomic E-state index is -0.949. The molecule has 4 rings (SSSR count). The number of aliphatic hydroxyl groups excluding tert-OH is 1. The predicted molar refractivity (Wildman–Crippen MR) is 89.2 cm³/mol. The maximum atomic E-state index is 13.8. The highest BCUT2D eigenvalue weighted by Crippen LogP contribution is 2.29. The van der Waals surface area contributed by atoms with Crippen LogP contribution in [0.4, 0.5) is 13.6 Å². The van der Waals surface area contributed by atoms with Crippen molar-refractivity contribution >= 4 is 6.03 Å². The summed E-state index contributed by atoms with van der Waals surface area (Å²) in [5, 5.41) is 12.4. The van der Waals surface area contributed by atoms with Gasteiger partial charge in [-0.3, -0.25) is 5.32 Å². The topological polar surface area (TPSA) is 65.0 Å². The number of aliphatic hydroxyl groups is 1. The number of carbonyl (C=O) groups is 1. The van der Waals surface area contributed by atoms with Gasteiger partial charge in [0.2, 0.25) is 6.41 Å². The lowest BCUT2D eigenvalue weighted by Gasteiger charge is -2.49. The van der Waals surface area contributed by atoms with Crippen LogP contribution in [-0.2, 0) is 11.2 Å². The summed E-state index contributed by atoms with van der Waals surface area (Å²) >= 11 is 0. The van der Waals surface area contributed by atoms with Crippen molar-refractivity contribution in [3.8, 4) is 0 Å². The third-order valence-corrected chi connectivity index (χ3v) is 5.61. The first-order chi connectivity index (χ1) is 12.4. The third-order valence-electron chi connectivity index (χ3n) is 5.61. The van der Waals surface area contributed by atoms with Crippen molar-refractivity contribution in [2.24, 2.45) is 5.92 Å². The van der Waals surface area contributed by atoms with Gasteiger partial charge in [-0.25, -0.2) is 13.6 Å². The summed E-state index contributed by atoms with van der Waals surface area (Å²) in [6.07, 6.45) is 1.23. The van der Waals surface area contributed by atoms with Crippen LogP contribution in [0, 0.1) is 17.6 Å². The van der Waals surface area contributed by atoms with E-state index in [1.54, 1.807) is 4.90 Å². The lowest BCUT2D eigenvalue weighted by molar-refractivity contribution is -0.0719. The van der Waals surface area contributed by atoms with Crippen LogP contribution in [0.25, 0.3) is 0 Å². The van der Waals surface area contributed by atoms with Crippen molar-refractivity contribution in [3.63, 3.8) is 0 Å². The second-order valence-corrected chi connectivity index (χ2v) is 7.60. The number of halogens is 2. The predicted octanol–water partition coefficient (Wildman–Crippen LogP) is 1.29. The number of nitrogens with one attached hydrogen (secondary N) is 1. The van der Waals surface area contributed by atoms with Gasteiger partial charge < -0.3 is 19.6 Å². The molecule has 3 heterocycles. The molecule has 2 N–H and O–H groups in total. The Bertz CT molecular complexity index is 688. The number of benzene rings is 1. The minimum Gasteiger partial charge on any atom is -0.356 e. The highest BCUT2D eigenvalue weighted by atomic mass is 19.1. The van der Waals surface area contributed by atoms with Crippen molar-refractivity contribution in [1.82, 2.24) is 15.1 Å². The molecule has 0 saturated carbocycles. The number of nitrogens with zero attached hydrogens (tertiary/aromatic N) is 2. The first-order valence-electron chi connectivity index (χ1n) is 8.99. The van der Waals surface area contributed by atoms with Gasteiger partial charge in [0.05, 0.1) is 12.1 Å². The monoisotopic (exact) mass is 367 g/mol. The van der Waals surface area contributed by atoms with Crippen LogP contribution in [0.3, 0.4) is 0 Å². The van der Waals surface area contributed by atoms with Crippen LogP contribution in [0.5, 0.6) is 0 Å². The van der Waals surface area contributed by atoms with E-state index in [0.717, 1.165) is 18.9 Å². The van der Waals surface area contributed by atoms with Crippen LogP contribution < -0.4 is 5.32 Å². The highest BCUT2D eigenvalue weighted by Gasteiger charge is 2.51. The summed E-state index contributed by atoms with van der Waals surface area (Å²) in [7, 11) is 0. The lowest BCUT2D eigenvalue weighted by Crippen LogP contribution is -2.71. The SMILES string of the molecule is O=C(N1CCC(Cc2ccc(F)cc2F)CC1)N1CC2(COC(O)N2)C1. The van der Waals surface area contributed by atoms with Crippen molar-refractivity contribution in [1.29, 1.82) is 0 Å². The van der Waals surface area contributed by atoms with Crippen LogP contribution >= 0.6 is 0 Å². The second kappa shape index (κ2) is 6.75. The van der Waals surface area contributed by atoms with E-state index in [9.17, 15) is 18.7 Å². The van der Waals surface area contributed by atoms with E-state index in [0.29, 0.717) is 50.7 Å². The van der Waals surface area contributed by atoms with E-state index in [4.69, 9.17) is 4.74 Å². The zero-order valence-electron chi connectivity index (χ0n) is 14.5. The Hall–Kier alpha value is -1.77. The number of carbonyl (C=O) groups excluding carboxylic acids is 1. The number of ether oxygens (including phenoxy) is 1. The van der Waals surface area contributed by atoms with Gasteiger partial charge in [-0.1, -0.05) is 6.07 Å². The van der Waals surface area contributed by atoms with Gasteiger partial charge in [-0.05, 0) is 36.8 Å². The summed E-state index contributed by atoms with van der Waals surface area (Å²) < 4.78 is 31.9. The van der Waals surface area contributed by atoms with E-state index in [1.165, 1.54) is 12.1 Å². The molecule has 1 aromatic carbocycles. The number of rotatable bonds is 2. The molecule has 0 aromatic heterocycles. The zero-order chi connectivity index (χ0) is 18.3. The molecule has 142 valence electrons. The Morgan fingerprint density at radius 1 is 1.27 bits per heavy atom. The molecular formula is C18H23F2N3O3. The third kappa shape index (κ3) is 3.41. The fourth-order valence-corrected chi connectivity index (χ4v) is 4.11. The van der Waals surface area contributed by atoms with E-state index in [-0.39, 0.29) is 11.6 Å². The Kier molecular flexibility index (Phi) is 4.58. The van der Waals surface area contributed by atoms with Crippen LogP contribution in [0.15, 0.2) is 18.2 Å². The first kappa shape index (κ1) is 17.6. The van der Waals surface area contributed by atoms with Gasteiger partial charge in [-0.15, -0.1) is 0 Å². The standard InChI is InChI=1S/C18H23F2N3O3/c19-14-2-1-13(15(20)8-14)7-12-3-5-22(6-4-12)17(25)23-9-18(10-23)11-26-16(24)21-18/h1-2,8,12,16,21,24H,3-7,9-11H2. The van der Waals surface area contributed by atoms with Crippen molar-refractivity contribution < 1.29 is 23.4 Å². The van der Waals surface area contributed by atoms with Gasteiger partial charge in [0.1, 0.15) is 11.6 Å². The molecule has 1 atom stereocenters. The van der Waals surface area contributed by atoms with E-state index < -0.39 is 18.0 Å². The van der Waals surface area contributed by atoms with E-state index in [2.05, 4.69) is 5.32 Å².